The predicted octanol–water partition coefficient (Wildman–Crippen LogP) is 1.58. The maximum absolute atomic E-state index is 11.1. The number of carboxylic acids is 2. The van der Waals surface area contributed by atoms with Crippen molar-refractivity contribution in [1.82, 2.24) is 0 Å². The Morgan fingerprint density at radius 2 is 1.82 bits per heavy atom. The van der Waals surface area contributed by atoms with E-state index in [9.17, 15) is 9.59 Å². The molecule has 22 heavy (non-hydrogen) atoms. The maximum Gasteiger partial charge on any atom is 0.331 e. The van der Waals surface area contributed by atoms with Gasteiger partial charge in [0, 0.05) is 31.8 Å². The van der Waals surface area contributed by atoms with Crippen LogP contribution in [0.25, 0.3) is 6.08 Å². The lowest BCUT2D eigenvalue weighted by Gasteiger charge is -2.11. The van der Waals surface area contributed by atoms with Gasteiger partial charge in [0.2, 0.25) is 0 Å². The molecular weight excluding hydrogens is 284 g/mol. The summed E-state index contributed by atoms with van der Waals surface area (Å²) in [7, 11) is 3.89. The minimum absolute atomic E-state index is 0.0453. The number of aliphatic carboxylic acids is 2. The van der Waals surface area contributed by atoms with Gasteiger partial charge in [0.05, 0.1) is 0 Å². The van der Waals surface area contributed by atoms with Crippen molar-refractivity contribution < 1.29 is 19.8 Å². The van der Waals surface area contributed by atoms with Gasteiger partial charge in [-0.1, -0.05) is 30.4 Å². The second-order valence-corrected chi connectivity index (χ2v) is 4.99. The molecule has 1 aromatic rings. The fourth-order valence-electron chi connectivity index (χ4n) is 1.71. The summed E-state index contributed by atoms with van der Waals surface area (Å²) >= 11 is 0. The van der Waals surface area contributed by atoms with Crippen LogP contribution in [0.1, 0.15) is 12.0 Å². The van der Waals surface area contributed by atoms with E-state index in [2.05, 4.69) is 0 Å². The highest BCUT2D eigenvalue weighted by molar-refractivity contribution is 5.88. The van der Waals surface area contributed by atoms with Crippen LogP contribution in [0.2, 0.25) is 0 Å². The summed E-state index contributed by atoms with van der Waals surface area (Å²) in [5, 5.41) is 17.8. The molecule has 118 valence electrons. The molecule has 0 aliphatic rings. The Balaban J connectivity index is 2.81. The predicted molar refractivity (Wildman–Crippen MR) is 85.8 cm³/mol. The van der Waals surface area contributed by atoms with E-state index in [1.54, 1.807) is 12.2 Å². The van der Waals surface area contributed by atoms with Crippen LogP contribution >= 0.6 is 0 Å². The van der Waals surface area contributed by atoms with Crippen LogP contribution in [0.3, 0.4) is 0 Å². The molecule has 0 aliphatic heterocycles. The topological polar surface area (TPSA) is 104 Å². The van der Waals surface area contributed by atoms with E-state index in [-0.39, 0.29) is 12.0 Å². The molecule has 4 N–H and O–H groups in total. The summed E-state index contributed by atoms with van der Waals surface area (Å²) in [6.07, 6.45) is 4.46. The molecule has 6 nitrogen and oxygen atoms in total. The Kier molecular flexibility index (Phi) is 6.34. The van der Waals surface area contributed by atoms with E-state index < -0.39 is 18.0 Å². The first-order valence-corrected chi connectivity index (χ1v) is 6.67. The van der Waals surface area contributed by atoms with Crippen molar-refractivity contribution in [2.75, 3.05) is 19.0 Å². The maximum atomic E-state index is 11.1. The summed E-state index contributed by atoms with van der Waals surface area (Å²) in [4.78, 5) is 23.7. The lowest BCUT2D eigenvalue weighted by atomic mass is 10.1. The first kappa shape index (κ1) is 17.5. The van der Waals surface area contributed by atoms with Crippen LogP contribution < -0.4 is 10.6 Å². The molecule has 0 bridgehead atoms. The quantitative estimate of drug-likeness (QED) is 0.522. The van der Waals surface area contributed by atoms with Gasteiger partial charge in [0.15, 0.2) is 0 Å². The number of anilines is 1. The van der Waals surface area contributed by atoms with Crippen LogP contribution in [0.5, 0.6) is 0 Å². The molecule has 0 amide bonds. The first-order chi connectivity index (χ1) is 10.3. The van der Waals surface area contributed by atoms with E-state index >= 15 is 0 Å². The van der Waals surface area contributed by atoms with Crippen molar-refractivity contribution in [3.05, 3.63) is 47.6 Å². The molecule has 1 aromatic carbocycles. The van der Waals surface area contributed by atoms with Crippen LogP contribution in [-0.4, -0.2) is 42.3 Å². The third kappa shape index (κ3) is 5.41. The highest BCUT2D eigenvalue weighted by Gasteiger charge is 2.17. The molecule has 0 fully saturated rings. The van der Waals surface area contributed by atoms with Gasteiger partial charge in [-0.05, 0) is 17.7 Å². The highest BCUT2D eigenvalue weighted by atomic mass is 16.4. The molecule has 0 saturated carbocycles. The Hall–Kier alpha value is -2.60. The van der Waals surface area contributed by atoms with E-state index in [1.165, 1.54) is 6.08 Å². The van der Waals surface area contributed by atoms with Gasteiger partial charge in [-0.25, -0.2) is 4.79 Å². The molecule has 0 saturated heterocycles. The SMILES string of the molecule is CN(C)c1ccc(/C=C/C=C(\C[C@H](N)C(=O)O)C(=O)O)cc1. The fourth-order valence-corrected chi connectivity index (χ4v) is 1.71. The van der Waals surface area contributed by atoms with E-state index in [0.29, 0.717) is 0 Å². The number of hydrogen-bond donors (Lipinski definition) is 3. The number of hydrogen-bond acceptors (Lipinski definition) is 4. The molecule has 0 radical (unpaired) electrons. The zero-order valence-corrected chi connectivity index (χ0v) is 12.6. The van der Waals surface area contributed by atoms with Gasteiger partial charge >= 0.3 is 11.9 Å². The van der Waals surface area contributed by atoms with Crippen molar-refractivity contribution in [3.63, 3.8) is 0 Å². The van der Waals surface area contributed by atoms with Gasteiger partial charge in [0.1, 0.15) is 6.04 Å². The zero-order chi connectivity index (χ0) is 16.7. The van der Waals surface area contributed by atoms with E-state index in [1.807, 2.05) is 43.3 Å². The highest BCUT2D eigenvalue weighted by Crippen LogP contribution is 2.13. The van der Waals surface area contributed by atoms with Crippen molar-refractivity contribution >= 4 is 23.7 Å². The average molecular weight is 304 g/mol. The van der Waals surface area contributed by atoms with Gasteiger partial charge in [0.25, 0.3) is 0 Å². The van der Waals surface area contributed by atoms with Crippen molar-refractivity contribution in [2.24, 2.45) is 5.73 Å². The molecule has 0 aliphatic carbocycles. The third-order valence-electron chi connectivity index (χ3n) is 3.03. The number of rotatable bonds is 7. The third-order valence-corrected chi connectivity index (χ3v) is 3.03. The molecular formula is C16H20N2O4. The Labute approximate surface area is 129 Å². The van der Waals surface area contributed by atoms with Gasteiger partial charge in [-0.3, -0.25) is 4.79 Å². The Morgan fingerprint density at radius 1 is 1.23 bits per heavy atom. The zero-order valence-electron chi connectivity index (χ0n) is 12.6. The van der Waals surface area contributed by atoms with Crippen molar-refractivity contribution in [2.45, 2.75) is 12.5 Å². The fraction of sp³-hybridized carbons (Fsp3) is 0.250. The first-order valence-electron chi connectivity index (χ1n) is 6.67. The summed E-state index contributed by atoms with van der Waals surface area (Å²) in [6.45, 7) is 0. The van der Waals surface area contributed by atoms with Crippen LogP contribution in [0, 0.1) is 0 Å². The molecule has 0 heterocycles. The summed E-state index contributed by atoms with van der Waals surface area (Å²) in [6, 6.07) is 6.48. The molecule has 0 aromatic heterocycles. The van der Waals surface area contributed by atoms with Crippen molar-refractivity contribution in [1.29, 1.82) is 0 Å². The summed E-state index contributed by atoms with van der Waals surface area (Å²) in [5.74, 6) is -2.40. The van der Waals surface area contributed by atoms with Crippen LogP contribution in [0.4, 0.5) is 5.69 Å². The van der Waals surface area contributed by atoms with Crippen LogP contribution in [0.15, 0.2) is 42.0 Å². The largest absolute Gasteiger partial charge is 0.480 e. The number of carbonyl (C=O) groups is 2. The summed E-state index contributed by atoms with van der Waals surface area (Å²) < 4.78 is 0. The van der Waals surface area contributed by atoms with Gasteiger partial charge < -0.3 is 20.8 Å². The van der Waals surface area contributed by atoms with Gasteiger partial charge in [-0.15, -0.1) is 0 Å². The standard InChI is InChI=1S/C16H20N2O4/c1-18(2)13-8-6-11(7-9-13)4-3-5-12(15(19)20)10-14(17)16(21)22/h3-9,14H,10,17H2,1-2H3,(H,19,20)(H,21,22)/b4-3+,12-5+/t14-/m0/s1. The minimum atomic E-state index is -1.23. The second kappa shape index (κ2) is 7.99. The van der Waals surface area contributed by atoms with E-state index in [4.69, 9.17) is 15.9 Å². The number of nitrogens with zero attached hydrogens (tertiary/aromatic N) is 1. The Morgan fingerprint density at radius 3 is 2.27 bits per heavy atom. The number of allylic oxidation sites excluding steroid dienone is 2. The smallest absolute Gasteiger partial charge is 0.331 e. The van der Waals surface area contributed by atoms with Gasteiger partial charge in [-0.2, -0.15) is 0 Å². The lowest BCUT2D eigenvalue weighted by molar-refractivity contribution is -0.138. The van der Waals surface area contributed by atoms with E-state index in [0.717, 1.165) is 11.3 Å². The summed E-state index contributed by atoms with van der Waals surface area (Å²) in [5.41, 5.74) is 7.28. The molecule has 0 unspecified atom stereocenters. The second-order valence-electron chi connectivity index (χ2n) is 4.99. The van der Waals surface area contributed by atoms with Crippen LogP contribution in [-0.2, 0) is 9.59 Å². The van der Waals surface area contributed by atoms with Crippen molar-refractivity contribution in [3.8, 4) is 0 Å². The normalized spacial score (nSPS) is 13.1. The molecule has 1 rings (SSSR count). The molecule has 6 heteroatoms. The molecule has 1 atom stereocenters. The monoisotopic (exact) mass is 304 g/mol. The number of carboxylic acid groups (broad SMARTS) is 2. The minimum Gasteiger partial charge on any atom is -0.480 e. The number of benzene rings is 1. The number of nitrogens with two attached hydrogens (primary N) is 1. The molecule has 0 spiro atoms. The Bertz CT molecular complexity index is 589. The lowest BCUT2D eigenvalue weighted by Crippen LogP contribution is -2.31. The average Bonchev–Trinajstić information content (AvgIpc) is 2.46.